The molecule has 118 valence electrons. The molecule has 2 atom stereocenters. The number of carbonyl (C=O) groups is 1. The smallest absolute Gasteiger partial charge is 0.315 e. The Labute approximate surface area is 125 Å². The van der Waals surface area contributed by atoms with E-state index in [1.165, 1.54) is 6.33 Å². The Kier molecular flexibility index (Phi) is 4.82. The van der Waals surface area contributed by atoms with Crippen molar-refractivity contribution in [2.75, 3.05) is 7.11 Å². The van der Waals surface area contributed by atoms with Crippen molar-refractivity contribution < 1.29 is 9.53 Å². The van der Waals surface area contributed by atoms with Crippen molar-refractivity contribution >= 4 is 6.03 Å². The third-order valence-electron chi connectivity index (χ3n) is 3.71. The first kappa shape index (κ1) is 15.8. The highest BCUT2D eigenvalue weighted by Crippen LogP contribution is 2.21. The van der Waals surface area contributed by atoms with Gasteiger partial charge in [0.25, 0.3) is 0 Å². The maximum absolute atomic E-state index is 11.9. The molecule has 21 heavy (non-hydrogen) atoms. The van der Waals surface area contributed by atoms with Crippen LogP contribution in [0.1, 0.15) is 45.9 Å². The van der Waals surface area contributed by atoms with Gasteiger partial charge in [-0.05, 0) is 40.0 Å². The average Bonchev–Trinajstić information content (AvgIpc) is 3.03. The van der Waals surface area contributed by atoms with Crippen LogP contribution in [0.4, 0.5) is 4.79 Å². The maximum Gasteiger partial charge on any atom is 0.315 e. The number of amides is 2. The van der Waals surface area contributed by atoms with Gasteiger partial charge in [0.05, 0.1) is 18.2 Å². The van der Waals surface area contributed by atoms with Gasteiger partial charge in [0.15, 0.2) is 0 Å². The van der Waals surface area contributed by atoms with Crippen LogP contribution in [0.5, 0.6) is 0 Å². The Morgan fingerprint density at radius 2 is 2.24 bits per heavy atom. The fraction of sp³-hybridized carbons (Fsp3) is 0.786. The number of nitrogens with zero attached hydrogens (tertiary/aromatic N) is 3. The summed E-state index contributed by atoms with van der Waals surface area (Å²) in [5, 5.41) is 10.0. The van der Waals surface area contributed by atoms with E-state index in [1.54, 1.807) is 7.11 Å². The minimum absolute atomic E-state index is 0.152. The summed E-state index contributed by atoms with van der Waals surface area (Å²) < 4.78 is 7.12. The minimum Gasteiger partial charge on any atom is -0.381 e. The largest absolute Gasteiger partial charge is 0.381 e. The Morgan fingerprint density at radius 3 is 2.86 bits per heavy atom. The Morgan fingerprint density at radius 1 is 1.48 bits per heavy atom. The molecule has 1 aromatic rings. The molecular weight excluding hydrogens is 270 g/mol. The van der Waals surface area contributed by atoms with E-state index >= 15 is 0 Å². The first-order valence-corrected chi connectivity index (χ1v) is 7.36. The summed E-state index contributed by atoms with van der Waals surface area (Å²) in [4.78, 5) is 16.1. The summed E-state index contributed by atoms with van der Waals surface area (Å²) in [7, 11) is 1.71. The molecule has 0 spiro atoms. The van der Waals surface area contributed by atoms with Crippen molar-refractivity contribution in [3.05, 3.63) is 12.2 Å². The molecule has 0 aliphatic heterocycles. The molecule has 1 aliphatic rings. The number of rotatable bonds is 4. The van der Waals surface area contributed by atoms with Crippen LogP contribution in [0.3, 0.4) is 0 Å². The van der Waals surface area contributed by atoms with Gasteiger partial charge in [-0.25, -0.2) is 14.5 Å². The molecule has 0 unspecified atom stereocenters. The Bertz CT molecular complexity index is 480. The SMILES string of the molecule is CO[C@H]1CC[C@H](NC(=O)NCc2ncnn2C(C)(C)C)C1. The van der Waals surface area contributed by atoms with Crippen molar-refractivity contribution in [2.45, 2.75) is 64.3 Å². The van der Waals surface area contributed by atoms with Crippen molar-refractivity contribution in [1.82, 2.24) is 25.4 Å². The lowest BCUT2D eigenvalue weighted by Gasteiger charge is -2.21. The maximum atomic E-state index is 11.9. The van der Waals surface area contributed by atoms with Crippen LogP contribution in [-0.2, 0) is 16.8 Å². The van der Waals surface area contributed by atoms with Gasteiger partial charge in [0.2, 0.25) is 0 Å². The fourth-order valence-electron chi connectivity index (χ4n) is 2.63. The summed E-state index contributed by atoms with van der Waals surface area (Å²) in [6, 6.07) is 0.0237. The second kappa shape index (κ2) is 6.43. The van der Waals surface area contributed by atoms with E-state index in [0.717, 1.165) is 25.1 Å². The van der Waals surface area contributed by atoms with Crippen LogP contribution in [0.25, 0.3) is 0 Å². The molecule has 7 nitrogen and oxygen atoms in total. The molecule has 1 fully saturated rings. The molecule has 0 radical (unpaired) electrons. The molecule has 0 bridgehead atoms. The van der Waals surface area contributed by atoms with E-state index in [0.29, 0.717) is 6.54 Å². The molecule has 1 saturated carbocycles. The summed E-state index contributed by atoms with van der Waals surface area (Å²) in [5.74, 6) is 0.749. The highest BCUT2D eigenvalue weighted by Gasteiger charge is 2.25. The Balaban J connectivity index is 1.81. The van der Waals surface area contributed by atoms with Gasteiger partial charge in [0.1, 0.15) is 12.2 Å². The van der Waals surface area contributed by atoms with Crippen molar-refractivity contribution in [1.29, 1.82) is 0 Å². The van der Waals surface area contributed by atoms with E-state index in [2.05, 4.69) is 41.5 Å². The number of aromatic nitrogens is 3. The lowest BCUT2D eigenvalue weighted by Crippen LogP contribution is -2.41. The van der Waals surface area contributed by atoms with Crippen LogP contribution >= 0.6 is 0 Å². The molecule has 1 aliphatic carbocycles. The van der Waals surface area contributed by atoms with Crippen molar-refractivity contribution in [2.24, 2.45) is 0 Å². The predicted molar refractivity (Wildman–Crippen MR) is 78.8 cm³/mol. The summed E-state index contributed by atoms with van der Waals surface area (Å²) in [5.41, 5.74) is -0.152. The van der Waals surface area contributed by atoms with Gasteiger partial charge < -0.3 is 15.4 Å². The fourth-order valence-corrected chi connectivity index (χ4v) is 2.63. The lowest BCUT2D eigenvalue weighted by atomic mass is 10.1. The highest BCUT2D eigenvalue weighted by molar-refractivity contribution is 5.74. The zero-order valence-corrected chi connectivity index (χ0v) is 13.2. The van der Waals surface area contributed by atoms with E-state index in [-0.39, 0.29) is 23.7 Å². The van der Waals surface area contributed by atoms with E-state index in [1.807, 2.05) is 4.68 Å². The molecule has 0 saturated heterocycles. The van der Waals surface area contributed by atoms with Gasteiger partial charge in [-0.15, -0.1) is 0 Å². The zero-order chi connectivity index (χ0) is 15.5. The average molecular weight is 295 g/mol. The second-order valence-electron chi connectivity index (χ2n) is 6.45. The van der Waals surface area contributed by atoms with Crippen LogP contribution in [0.2, 0.25) is 0 Å². The number of methoxy groups -OCH3 is 1. The van der Waals surface area contributed by atoms with Crippen LogP contribution in [0.15, 0.2) is 6.33 Å². The van der Waals surface area contributed by atoms with Gasteiger partial charge in [-0.3, -0.25) is 0 Å². The van der Waals surface area contributed by atoms with Gasteiger partial charge in [-0.2, -0.15) is 5.10 Å². The van der Waals surface area contributed by atoms with Crippen molar-refractivity contribution in [3.8, 4) is 0 Å². The van der Waals surface area contributed by atoms with Gasteiger partial charge in [-0.1, -0.05) is 0 Å². The van der Waals surface area contributed by atoms with Crippen LogP contribution in [0, 0.1) is 0 Å². The molecule has 2 amide bonds. The molecular formula is C14H25N5O2. The van der Waals surface area contributed by atoms with Crippen LogP contribution in [-0.4, -0.2) is 40.1 Å². The molecule has 7 heteroatoms. The van der Waals surface area contributed by atoms with Gasteiger partial charge >= 0.3 is 6.03 Å². The number of carbonyl (C=O) groups excluding carboxylic acids is 1. The van der Waals surface area contributed by atoms with E-state index in [4.69, 9.17) is 4.74 Å². The van der Waals surface area contributed by atoms with Crippen molar-refractivity contribution in [3.63, 3.8) is 0 Å². The third kappa shape index (κ3) is 4.17. The molecule has 2 N–H and O–H groups in total. The molecule has 1 aromatic heterocycles. The summed E-state index contributed by atoms with van der Waals surface area (Å²) >= 11 is 0. The second-order valence-corrected chi connectivity index (χ2v) is 6.45. The lowest BCUT2D eigenvalue weighted by molar-refractivity contribution is 0.107. The molecule has 0 aromatic carbocycles. The standard InChI is InChI=1S/C14H25N5O2/c1-14(2,3)19-12(16-9-17-19)8-15-13(20)18-10-5-6-11(7-10)21-4/h9-11H,5-8H2,1-4H3,(H2,15,18,20)/t10-,11-/m0/s1. The Hall–Kier alpha value is -1.63. The number of hydrogen-bond donors (Lipinski definition) is 2. The highest BCUT2D eigenvalue weighted by atomic mass is 16.5. The molecule has 2 rings (SSSR count). The quantitative estimate of drug-likeness (QED) is 0.880. The first-order valence-electron chi connectivity index (χ1n) is 7.36. The topological polar surface area (TPSA) is 81.1 Å². The first-order chi connectivity index (χ1) is 9.90. The van der Waals surface area contributed by atoms with Gasteiger partial charge in [0, 0.05) is 13.2 Å². The predicted octanol–water partition coefficient (Wildman–Crippen LogP) is 1.40. The normalized spacial score (nSPS) is 22.3. The monoisotopic (exact) mass is 295 g/mol. The molecule has 1 heterocycles. The minimum atomic E-state index is -0.166. The zero-order valence-electron chi connectivity index (χ0n) is 13.2. The van der Waals surface area contributed by atoms with Crippen LogP contribution < -0.4 is 10.6 Å². The number of urea groups is 1. The number of nitrogens with one attached hydrogen (secondary N) is 2. The summed E-state index contributed by atoms with van der Waals surface area (Å²) in [6.07, 6.45) is 4.62. The van der Waals surface area contributed by atoms with E-state index in [9.17, 15) is 4.79 Å². The number of hydrogen-bond acceptors (Lipinski definition) is 4. The third-order valence-corrected chi connectivity index (χ3v) is 3.71. The van der Waals surface area contributed by atoms with E-state index < -0.39 is 0 Å². The summed E-state index contributed by atoms with van der Waals surface area (Å²) in [6.45, 7) is 6.52. The number of ether oxygens (including phenoxy) is 1.